The zero-order valence-corrected chi connectivity index (χ0v) is 15.7. The molecule has 2 heterocycles. The fourth-order valence-corrected chi connectivity index (χ4v) is 3.50. The van der Waals surface area contributed by atoms with Crippen LogP contribution >= 0.6 is 11.6 Å². The Balaban J connectivity index is 1.52. The van der Waals surface area contributed by atoms with Gasteiger partial charge in [-0.2, -0.15) is 0 Å². The number of nitrogens with zero attached hydrogens (tertiary/aromatic N) is 1. The van der Waals surface area contributed by atoms with E-state index in [9.17, 15) is 4.79 Å². The van der Waals surface area contributed by atoms with Crippen LogP contribution in [-0.4, -0.2) is 44.2 Å². The second-order valence-electron chi connectivity index (χ2n) is 6.27. The summed E-state index contributed by atoms with van der Waals surface area (Å²) in [6, 6.07) is 5.87. The highest BCUT2D eigenvalue weighted by Crippen LogP contribution is 2.36. The number of likely N-dealkylation sites (tertiary alicyclic amines) is 1. The molecule has 0 radical (unpaired) electrons. The molecule has 1 fully saturated rings. The number of carbonyl (C=O) groups is 1. The van der Waals surface area contributed by atoms with Crippen LogP contribution in [0.25, 0.3) is 0 Å². The van der Waals surface area contributed by atoms with Crippen LogP contribution in [0.1, 0.15) is 28.8 Å². The van der Waals surface area contributed by atoms with E-state index in [1.165, 1.54) is 12.5 Å². The smallest absolute Gasteiger partial charge is 0.257 e. The molecule has 0 bridgehead atoms. The van der Waals surface area contributed by atoms with Gasteiger partial charge >= 0.3 is 0 Å². The fourth-order valence-electron chi connectivity index (χ4n) is 3.19. The minimum atomic E-state index is 0.0314. The van der Waals surface area contributed by atoms with Crippen molar-refractivity contribution in [1.29, 1.82) is 0 Å². The van der Waals surface area contributed by atoms with Crippen molar-refractivity contribution in [3.63, 3.8) is 0 Å². The molecular weight excluding hydrogens is 356 g/mol. The van der Waals surface area contributed by atoms with Gasteiger partial charge in [-0.1, -0.05) is 11.6 Å². The first-order valence-corrected chi connectivity index (χ1v) is 8.95. The summed E-state index contributed by atoms with van der Waals surface area (Å²) in [7, 11) is 3.17. The van der Waals surface area contributed by atoms with Crippen molar-refractivity contribution >= 4 is 17.5 Å². The van der Waals surface area contributed by atoms with E-state index in [1.54, 1.807) is 20.3 Å². The summed E-state index contributed by atoms with van der Waals surface area (Å²) in [6.07, 6.45) is 4.83. The molecule has 1 saturated heterocycles. The van der Waals surface area contributed by atoms with Crippen LogP contribution in [0.3, 0.4) is 0 Å². The van der Waals surface area contributed by atoms with Gasteiger partial charge in [0.2, 0.25) is 0 Å². The molecule has 0 atom stereocenters. The molecule has 1 aliphatic heterocycles. The van der Waals surface area contributed by atoms with Gasteiger partial charge < -0.3 is 24.1 Å². The highest BCUT2D eigenvalue weighted by Gasteiger charge is 2.24. The molecule has 0 saturated carbocycles. The topological polar surface area (TPSA) is 63.9 Å². The van der Waals surface area contributed by atoms with Gasteiger partial charge in [-0.15, -0.1) is 0 Å². The van der Waals surface area contributed by atoms with E-state index in [4.69, 9.17) is 25.5 Å². The lowest BCUT2D eigenvalue weighted by molar-refractivity contribution is 0.0704. The van der Waals surface area contributed by atoms with Crippen LogP contribution in [0, 0.1) is 0 Å². The Morgan fingerprint density at radius 2 is 2.08 bits per heavy atom. The standard InChI is InChI=1S/C19H23ClN2O4/c1-24-17-10-13(9-16(20)18(17)25-2)11-21-15-3-6-22(7-4-15)19(23)14-5-8-26-12-14/h5,8-10,12,15,21H,3-4,6-7,11H2,1-2H3. The zero-order chi connectivity index (χ0) is 18.5. The number of hydrogen-bond donors (Lipinski definition) is 1. The SMILES string of the molecule is COc1cc(CNC2CCN(C(=O)c3ccoc3)CC2)cc(Cl)c1OC. The summed E-state index contributed by atoms with van der Waals surface area (Å²) in [5.74, 6) is 1.20. The van der Waals surface area contributed by atoms with Crippen LogP contribution in [0.15, 0.2) is 35.1 Å². The molecule has 1 aliphatic rings. The molecular formula is C19H23ClN2O4. The van der Waals surface area contributed by atoms with Gasteiger partial charge in [-0.25, -0.2) is 0 Å². The molecule has 1 aromatic carbocycles. The summed E-state index contributed by atoms with van der Waals surface area (Å²) in [4.78, 5) is 14.2. The number of nitrogens with one attached hydrogen (secondary N) is 1. The summed E-state index contributed by atoms with van der Waals surface area (Å²) in [5.41, 5.74) is 1.64. The largest absolute Gasteiger partial charge is 0.493 e. The first kappa shape index (κ1) is 18.6. The van der Waals surface area contributed by atoms with Gasteiger partial charge in [-0.3, -0.25) is 4.79 Å². The minimum Gasteiger partial charge on any atom is -0.493 e. The molecule has 1 amide bonds. The van der Waals surface area contributed by atoms with Gasteiger partial charge in [0, 0.05) is 25.7 Å². The van der Waals surface area contributed by atoms with E-state index in [2.05, 4.69) is 5.32 Å². The molecule has 1 aromatic heterocycles. The third kappa shape index (κ3) is 4.14. The number of amides is 1. The number of carbonyl (C=O) groups excluding carboxylic acids is 1. The third-order valence-corrected chi connectivity index (χ3v) is 4.92. The molecule has 0 unspecified atom stereocenters. The van der Waals surface area contributed by atoms with Crippen LogP contribution in [0.5, 0.6) is 11.5 Å². The zero-order valence-electron chi connectivity index (χ0n) is 15.0. The monoisotopic (exact) mass is 378 g/mol. The van der Waals surface area contributed by atoms with Crippen LogP contribution < -0.4 is 14.8 Å². The van der Waals surface area contributed by atoms with E-state index in [-0.39, 0.29) is 5.91 Å². The molecule has 2 aromatic rings. The van der Waals surface area contributed by atoms with Gasteiger partial charge in [0.25, 0.3) is 5.91 Å². The van der Waals surface area contributed by atoms with Crippen molar-refractivity contribution in [2.45, 2.75) is 25.4 Å². The van der Waals surface area contributed by atoms with E-state index < -0.39 is 0 Å². The van der Waals surface area contributed by atoms with Gasteiger partial charge in [-0.05, 0) is 36.6 Å². The Kier molecular flexibility index (Phi) is 6.06. The lowest BCUT2D eigenvalue weighted by Gasteiger charge is -2.32. The second kappa shape index (κ2) is 8.47. The average molecular weight is 379 g/mol. The maximum Gasteiger partial charge on any atom is 0.257 e. The number of furan rings is 1. The molecule has 26 heavy (non-hydrogen) atoms. The molecule has 3 rings (SSSR count). The predicted molar refractivity (Wildman–Crippen MR) is 99.0 cm³/mol. The molecule has 6 nitrogen and oxygen atoms in total. The average Bonchev–Trinajstić information content (AvgIpc) is 3.20. The van der Waals surface area contributed by atoms with Crippen molar-refractivity contribution < 1.29 is 18.7 Å². The molecule has 0 spiro atoms. The van der Waals surface area contributed by atoms with Gasteiger partial charge in [0.15, 0.2) is 11.5 Å². The predicted octanol–water partition coefficient (Wildman–Crippen LogP) is 3.34. The number of piperidine rings is 1. The number of ether oxygens (including phenoxy) is 2. The lowest BCUT2D eigenvalue weighted by atomic mass is 10.0. The van der Waals surface area contributed by atoms with Crippen LogP contribution in [-0.2, 0) is 6.54 Å². The summed E-state index contributed by atoms with van der Waals surface area (Å²) in [5, 5.41) is 4.07. The molecule has 140 valence electrons. The Morgan fingerprint density at radius 3 is 2.69 bits per heavy atom. The number of rotatable bonds is 6. The van der Waals surface area contributed by atoms with Crippen molar-refractivity contribution in [2.75, 3.05) is 27.3 Å². The summed E-state index contributed by atoms with van der Waals surface area (Å²) < 4.78 is 15.6. The normalized spacial score (nSPS) is 15.1. The van der Waals surface area contributed by atoms with Gasteiger partial charge in [0.1, 0.15) is 6.26 Å². The maximum atomic E-state index is 12.3. The fraction of sp³-hybridized carbons (Fsp3) is 0.421. The number of hydrogen-bond acceptors (Lipinski definition) is 5. The third-order valence-electron chi connectivity index (χ3n) is 4.64. The number of benzene rings is 1. The molecule has 1 N–H and O–H groups in total. The van der Waals surface area contributed by atoms with Crippen molar-refractivity contribution in [1.82, 2.24) is 10.2 Å². The maximum absolute atomic E-state index is 12.3. The van der Waals surface area contributed by atoms with Crippen LogP contribution in [0.4, 0.5) is 0 Å². The van der Waals surface area contributed by atoms with E-state index in [0.717, 1.165) is 31.5 Å². The van der Waals surface area contributed by atoms with Crippen molar-refractivity contribution in [2.24, 2.45) is 0 Å². The van der Waals surface area contributed by atoms with E-state index in [0.29, 0.717) is 34.7 Å². The minimum absolute atomic E-state index is 0.0314. The Bertz CT molecular complexity index is 740. The Hall–Kier alpha value is -2.18. The van der Waals surface area contributed by atoms with Crippen molar-refractivity contribution in [3.8, 4) is 11.5 Å². The molecule has 7 heteroatoms. The molecule has 0 aliphatic carbocycles. The number of halogens is 1. The van der Waals surface area contributed by atoms with Gasteiger partial charge in [0.05, 0.1) is 31.1 Å². The second-order valence-corrected chi connectivity index (χ2v) is 6.68. The first-order chi connectivity index (χ1) is 12.6. The highest BCUT2D eigenvalue weighted by molar-refractivity contribution is 6.32. The Labute approximate surface area is 158 Å². The summed E-state index contributed by atoms with van der Waals surface area (Å²) in [6.45, 7) is 2.14. The summed E-state index contributed by atoms with van der Waals surface area (Å²) >= 11 is 6.25. The Morgan fingerprint density at radius 1 is 1.31 bits per heavy atom. The van der Waals surface area contributed by atoms with Crippen molar-refractivity contribution in [3.05, 3.63) is 46.9 Å². The highest BCUT2D eigenvalue weighted by atomic mass is 35.5. The first-order valence-electron chi connectivity index (χ1n) is 8.57. The quantitative estimate of drug-likeness (QED) is 0.835. The van der Waals surface area contributed by atoms with Crippen LogP contribution in [0.2, 0.25) is 5.02 Å². The lowest BCUT2D eigenvalue weighted by Crippen LogP contribution is -2.44. The number of methoxy groups -OCH3 is 2. The van der Waals surface area contributed by atoms with E-state index >= 15 is 0 Å². The van der Waals surface area contributed by atoms with E-state index in [1.807, 2.05) is 17.0 Å².